The van der Waals surface area contributed by atoms with Gasteiger partial charge in [0.15, 0.2) is 0 Å². The molecule has 4 aliphatic rings. The lowest BCUT2D eigenvalue weighted by atomic mass is 9.62. The maximum Gasteiger partial charge on any atom is 0.0995 e. The van der Waals surface area contributed by atoms with Gasteiger partial charge in [-0.1, -0.05) is 24.3 Å². The quantitative estimate of drug-likeness (QED) is 0.717. The molecule has 0 N–H and O–H groups in total. The lowest BCUT2D eigenvalue weighted by Gasteiger charge is -2.50. The second kappa shape index (κ2) is 3.31. The van der Waals surface area contributed by atoms with E-state index in [1.54, 1.807) is 5.57 Å². The molecule has 1 saturated carbocycles. The van der Waals surface area contributed by atoms with Gasteiger partial charge < -0.3 is 9.47 Å². The van der Waals surface area contributed by atoms with Crippen molar-refractivity contribution in [3.8, 4) is 0 Å². The summed E-state index contributed by atoms with van der Waals surface area (Å²) in [5.74, 6) is 1.19. The summed E-state index contributed by atoms with van der Waals surface area (Å²) in [4.78, 5) is 0. The molecule has 19 heavy (non-hydrogen) atoms. The first-order valence-electron chi connectivity index (χ1n) is 7.37. The molecule has 98 valence electrons. The summed E-state index contributed by atoms with van der Waals surface area (Å²) < 4.78 is 12.0. The number of ether oxygens (including phenoxy) is 2. The molecule has 1 aliphatic heterocycles. The van der Waals surface area contributed by atoms with Crippen molar-refractivity contribution in [2.75, 3.05) is 13.7 Å². The Hall–Kier alpha value is -1.12. The highest BCUT2D eigenvalue weighted by atomic mass is 16.5. The average Bonchev–Trinajstić information content (AvgIpc) is 3.17. The molecule has 2 nitrogen and oxygen atoms in total. The summed E-state index contributed by atoms with van der Waals surface area (Å²) in [5.41, 5.74) is 6.04. The molecule has 1 aromatic rings. The van der Waals surface area contributed by atoms with E-state index in [2.05, 4.69) is 24.3 Å². The minimum Gasteiger partial charge on any atom is -0.373 e. The van der Waals surface area contributed by atoms with Crippen LogP contribution in [0.4, 0.5) is 0 Å². The number of methoxy groups -OCH3 is 1. The average molecular weight is 254 g/mol. The Morgan fingerprint density at radius 3 is 3.11 bits per heavy atom. The van der Waals surface area contributed by atoms with Gasteiger partial charge in [-0.2, -0.15) is 0 Å². The molecule has 2 heteroatoms. The molecule has 0 spiro atoms. The van der Waals surface area contributed by atoms with E-state index in [-0.39, 0.29) is 5.60 Å². The van der Waals surface area contributed by atoms with Gasteiger partial charge in [-0.05, 0) is 41.5 Å². The molecule has 0 bridgehead atoms. The van der Waals surface area contributed by atoms with Crippen LogP contribution in [0.15, 0.2) is 29.8 Å². The molecule has 0 amide bonds. The van der Waals surface area contributed by atoms with Crippen molar-refractivity contribution in [1.29, 1.82) is 0 Å². The van der Waals surface area contributed by atoms with Gasteiger partial charge in [0.2, 0.25) is 0 Å². The van der Waals surface area contributed by atoms with Crippen LogP contribution in [0.1, 0.15) is 36.3 Å². The van der Waals surface area contributed by atoms with Crippen LogP contribution >= 0.6 is 0 Å². The van der Waals surface area contributed by atoms with Gasteiger partial charge >= 0.3 is 0 Å². The predicted octanol–water partition coefficient (Wildman–Crippen LogP) is 3.14. The molecule has 0 aromatic heterocycles. The van der Waals surface area contributed by atoms with E-state index < -0.39 is 0 Å². The SMILES string of the molecule is CO[C@]12C[C@H]1c1ccccc1C1=C2[C@@H]2OCCC[C@H]12. The summed E-state index contributed by atoms with van der Waals surface area (Å²) >= 11 is 0. The third-order valence-electron chi connectivity index (χ3n) is 5.62. The van der Waals surface area contributed by atoms with E-state index in [1.807, 2.05) is 7.11 Å². The minimum atomic E-state index is -0.0117. The molecular formula is C17H18O2. The van der Waals surface area contributed by atoms with Crippen LogP contribution in [-0.4, -0.2) is 25.4 Å². The second-order valence-electron chi connectivity index (χ2n) is 6.31. The zero-order valence-corrected chi connectivity index (χ0v) is 11.2. The number of rotatable bonds is 1. The van der Waals surface area contributed by atoms with Gasteiger partial charge in [0.05, 0.1) is 11.7 Å². The Balaban J connectivity index is 1.75. The molecule has 1 saturated heterocycles. The lowest BCUT2D eigenvalue weighted by molar-refractivity contribution is -0.0278. The minimum absolute atomic E-state index is 0.0117. The standard InChI is InChI=1S/C17H18O2/c1-18-17-9-13(17)10-5-2-3-6-11(10)14-12-7-4-8-19-16(12)15(14)17/h2-3,5-6,12-13,16H,4,7-9H2,1H3/t12-,13+,16-,17-/m1/s1. The molecule has 0 unspecified atom stereocenters. The second-order valence-corrected chi connectivity index (χ2v) is 6.31. The van der Waals surface area contributed by atoms with Gasteiger partial charge in [-0.3, -0.25) is 0 Å². The van der Waals surface area contributed by atoms with Crippen LogP contribution in [0, 0.1) is 5.92 Å². The number of hydrogen-bond acceptors (Lipinski definition) is 2. The third kappa shape index (κ3) is 1.08. The van der Waals surface area contributed by atoms with Gasteiger partial charge in [0.25, 0.3) is 0 Å². The normalized spacial score (nSPS) is 41.6. The largest absolute Gasteiger partial charge is 0.373 e. The maximum atomic E-state index is 6.05. The molecule has 3 aliphatic carbocycles. The number of fused-ring (bicyclic) bond motifs is 8. The van der Waals surface area contributed by atoms with Crippen molar-refractivity contribution >= 4 is 5.57 Å². The summed E-state index contributed by atoms with van der Waals surface area (Å²) in [6.45, 7) is 0.921. The van der Waals surface area contributed by atoms with E-state index in [0.717, 1.165) is 13.0 Å². The van der Waals surface area contributed by atoms with Gasteiger partial charge in [0.1, 0.15) is 0 Å². The summed E-state index contributed by atoms with van der Waals surface area (Å²) in [6, 6.07) is 8.92. The zero-order valence-electron chi connectivity index (χ0n) is 11.2. The van der Waals surface area contributed by atoms with Crippen molar-refractivity contribution in [3.05, 3.63) is 41.0 Å². The van der Waals surface area contributed by atoms with Crippen LogP contribution in [0.5, 0.6) is 0 Å². The van der Waals surface area contributed by atoms with E-state index in [0.29, 0.717) is 17.9 Å². The fourth-order valence-electron chi connectivity index (χ4n) is 4.72. The molecule has 2 fully saturated rings. The van der Waals surface area contributed by atoms with Crippen LogP contribution in [0.3, 0.4) is 0 Å². The maximum absolute atomic E-state index is 6.05. The molecule has 4 atom stereocenters. The predicted molar refractivity (Wildman–Crippen MR) is 72.9 cm³/mol. The van der Waals surface area contributed by atoms with Crippen molar-refractivity contribution in [2.24, 2.45) is 5.92 Å². The van der Waals surface area contributed by atoms with Gasteiger partial charge in [0, 0.05) is 25.6 Å². The van der Waals surface area contributed by atoms with E-state index in [4.69, 9.17) is 9.47 Å². The monoisotopic (exact) mass is 254 g/mol. The summed E-state index contributed by atoms with van der Waals surface area (Å²) in [5, 5.41) is 0. The fraction of sp³-hybridized carbons (Fsp3) is 0.529. The first kappa shape index (κ1) is 10.6. The molecule has 0 radical (unpaired) electrons. The van der Waals surface area contributed by atoms with E-state index in [9.17, 15) is 0 Å². The Morgan fingerprint density at radius 2 is 2.21 bits per heavy atom. The van der Waals surface area contributed by atoms with Crippen LogP contribution < -0.4 is 0 Å². The summed E-state index contributed by atoms with van der Waals surface area (Å²) in [7, 11) is 1.87. The smallest absolute Gasteiger partial charge is 0.0995 e. The van der Waals surface area contributed by atoms with Crippen LogP contribution in [-0.2, 0) is 9.47 Å². The lowest BCUT2D eigenvalue weighted by Crippen LogP contribution is -2.48. The van der Waals surface area contributed by atoms with Crippen molar-refractivity contribution in [2.45, 2.75) is 36.9 Å². The molecular weight excluding hydrogens is 236 g/mol. The van der Waals surface area contributed by atoms with E-state index >= 15 is 0 Å². The third-order valence-corrected chi connectivity index (χ3v) is 5.62. The highest BCUT2D eigenvalue weighted by Gasteiger charge is 2.68. The molecule has 1 heterocycles. The van der Waals surface area contributed by atoms with Crippen LogP contribution in [0.25, 0.3) is 5.57 Å². The first-order valence-corrected chi connectivity index (χ1v) is 7.37. The number of hydrogen-bond donors (Lipinski definition) is 0. The Morgan fingerprint density at radius 1 is 1.32 bits per heavy atom. The zero-order chi connectivity index (χ0) is 12.6. The summed E-state index contributed by atoms with van der Waals surface area (Å²) in [6.07, 6.45) is 3.97. The highest BCUT2D eigenvalue weighted by Crippen LogP contribution is 2.70. The fourth-order valence-corrected chi connectivity index (χ4v) is 4.72. The van der Waals surface area contributed by atoms with Crippen molar-refractivity contribution in [1.82, 2.24) is 0 Å². The highest BCUT2D eigenvalue weighted by molar-refractivity contribution is 5.86. The van der Waals surface area contributed by atoms with Crippen molar-refractivity contribution in [3.63, 3.8) is 0 Å². The molecule has 1 aromatic carbocycles. The van der Waals surface area contributed by atoms with E-state index in [1.165, 1.54) is 29.5 Å². The van der Waals surface area contributed by atoms with Gasteiger partial charge in [-0.15, -0.1) is 0 Å². The Labute approximate surface area is 113 Å². The Kier molecular flexibility index (Phi) is 1.85. The Bertz CT molecular complexity index is 603. The topological polar surface area (TPSA) is 18.5 Å². The van der Waals surface area contributed by atoms with Crippen LogP contribution in [0.2, 0.25) is 0 Å². The van der Waals surface area contributed by atoms with Gasteiger partial charge in [-0.25, -0.2) is 0 Å². The van der Waals surface area contributed by atoms with Crippen molar-refractivity contribution < 1.29 is 9.47 Å². The first-order chi connectivity index (χ1) is 9.37. The number of benzene rings is 1. The molecule has 5 rings (SSSR count).